The number of aliphatic hydroxyl groups is 1. The molecule has 22 heavy (non-hydrogen) atoms. The quantitative estimate of drug-likeness (QED) is 0.814. The molecule has 1 amide bonds. The molecule has 0 bridgehead atoms. The number of hydrogen-bond donors (Lipinski definition) is 2. The van der Waals surface area contributed by atoms with E-state index in [0.29, 0.717) is 13.0 Å². The maximum Gasteiger partial charge on any atom is 0.230 e. The summed E-state index contributed by atoms with van der Waals surface area (Å²) in [7, 11) is 1.65. The number of rotatable bonds is 7. The number of hydrogen-bond acceptors (Lipinski definition) is 3. The highest BCUT2D eigenvalue weighted by atomic mass is 16.5. The Balaban J connectivity index is 2.12. The highest BCUT2D eigenvalue weighted by Crippen LogP contribution is 2.42. The Bertz CT molecular complexity index is 495. The van der Waals surface area contributed by atoms with Crippen molar-refractivity contribution in [1.82, 2.24) is 5.32 Å². The summed E-state index contributed by atoms with van der Waals surface area (Å²) < 4.78 is 5.30. The molecule has 1 aromatic carbocycles. The van der Waals surface area contributed by atoms with Crippen LogP contribution in [0.1, 0.15) is 51.0 Å². The molecule has 0 aromatic heterocycles. The summed E-state index contributed by atoms with van der Waals surface area (Å²) in [4.78, 5) is 12.8. The van der Waals surface area contributed by atoms with Gasteiger partial charge in [0.05, 0.1) is 18.6 Å². The Hall–Kier alpha value is -1.55. The zero-order chi connectivity index (χ0) is 16.0. The van der Waals surface area contributed by atoms with Crippen LogP contribution in [0.25, 0.3) is 0 Å². The smallest absolute Gasteiger partial charge is 0.230 e. The van der Waals surface area contributed by atoms with Crippen LogP contribution in [-0.4, -0.2) is 30.8 Å². The third-order valence-electron chi connectivity index (χ3n) is 4.75. The van der Waals surface area contributed by atoms with Gasteiger partial charge in [-0.3, -0.25) is 4.79 Å². The summed E-state index contributed by atoms with van der Waals surface area (Å²) in [5, 5.41) is 12.6. The van der Waals surface area contributed by atoms with E-state index in [1.807, 2.05) is 31.2 Å². The third kappa shape index (κ3) is 3.61. The molecule has 1 aliphatic carbocycles. The van der Waals surface area contributed by atoms with Crippen molar-refractivity contribution in [3.8, 4) is 5.75 Å². The fourth-order valence-electron chi connectivity index (χ4n) is 3.27. The lowest BCUT2D eigenvalue weighted by atomic mass is 9.78. The van der Waals surface area contributed by atoms with Crippen LogP contribution in [0.5, 0.6) is 5.75 Å². The second kappa shape index (κ2) is 7.63. The molecule has 1 aliphatic rings. The van der Waals surface area contributed by atoms with Gasteiger partial charge in [0.15, 0.2) is 0 Å². The van der Waals surface area contributed by atoms with E-state index >= 15 is 0 Å². The topological polar surface area (TPSA) is 58.6 Å². The van der Waals surface area contributed by atoms with Gasteiger partial charge in [-0.25, -0.2) is 0 Å². The largest absolute Gasteiger partial charge is 0.497 e. The van der Waals surface area contributed by atoms with E-state index in [1.54, 1.807) is 7.11 Å². The molecule has 0 saturated heterocycles. The first kappa shape index (κ1) is 16.8. The van der Waals surface area contributed by atoms with Crippen LogP contribution in [0.4, 0.5) is 0 Å². The van der Waals surface area contributed by atoms with E-state index in [9.17, 15) is 9.90 Å². The van der Waals surface area contributed by atoms with E-state index in [-0.39, 0.29) is 12.0 Å². The first-order valence-corrected chi connectivity index (χ1v) is 8.23. The standard InChI is InChI=1S/C18H27NO3/c1-3-15(20)9-12-19-17(21)18(10-4-5-11-18)14-7-6-8-16(13-14)22-2/h6-8,13,15,20H,3-5,9-12H2,1-2H3,(H,19,21). The van der Waals surface area contributed by atoms with Crippen LogP contribution in [0.3, 0.4) is 0 Å². The molecular weight excluding hydrogens is 278 g/mol. The monoisotopic (exact) mass is 305 g/mol. The van der Waals surface area contributed by atoms with Gasteiger partial charge in [-0.15, -0.1) is 0 Å². The van der Waals surface area contributed by atoms with Crippen molar-refractivity contribution in [2.45, 2.75) is 57.0 Å². The number of carbonyl (C=O) groups is 1. The van der Waals surface area contributed by atoms with Gasteiger partial charge in [-0.05, 0) is 43.4 Å². The summed E-state index contributed by atoms with van der Waals surface area (Å²) in [5.74, 6) is 0.875. The lowest BCUT2D eigenvalue weighted by molar-refractivity contribution is -0.126. The number of ether oxygens (including phenoxy) is 1. The van der Waals surface area contributed by atoms with Crippen LogP contribution in [0.15, 0.2) is 24.3 Å². The SMILES string of the molecule is CCC(O)CCNC(=O)C1(c2cccc(OC)c2)CCCC1. The van der Waals surface area contributed by atoms with E-state index < -0.39 is 5.41 Å². The second-order valence-corrected chi connectivity index (χ2v) is 6.13. The number of methoxy groups -OCH3 is 1. The van der Waals surface area contributed by atoms with Gasteiger partial charge in [0.2, 0.25) is 5.91 Å². The first-order valence-electron chi connectivity index (χ1n) is 8.23. The highest BCUT2D eigenvalue weighted by molar-refractivity contribution is 5.88. The van der Waals surface area contributed by atoms with Crippen LogP contribution in [-0.2, 0) is 10.2 Å². The Morgan fingerprint density at radius 3 is 2.77 bits per heavy atom. The molecule has 0 spiro atoms. The van der Waals surface area contributed by atoms with Crippen molar-refractivity contribution in [2.75, 3.05) is 13.7 Å². The van der Waals surface area contributed by atoms with Crippen molar-refractivity contribution in [2.24, 2.45) is 0 Å². The van der Waals surface area contributed by atoms with Gasteiger partial charge in [-0.2, -0.15) is 0 Å². The van der Waals surface area contributed by atoms with Crippen molar-refractivity contribution in [1.29, 1.82) is 0 Å². The van der Waals surface area contributed by atoms with Crippen molar-refractivity contribution < 1.29 is 14.6 Å². The van der Waals surface area contributed by atoms with Crippen molar-refractivity contribution >= 4 is 5.91 Å². The Kier molecular flexibility index (Phi) is 5.83. The zero-order valence-electron chi connectivity index (χ0n) is 13.6. The van der Waals surface area contributed by atoms with Gasteiger partial charge in [0.25, 0.3) is 0 Å². The maximum absolute atomic E-state index is 12.8. The lowest BCUT2D eigenvalue weighted by Gasteiger charge is -2.29. The van der Waals surface area contributed by atoms with Gasteiger partial charge >= 0.3 is 0 Å². The van der Waals surface area contributed by atoms with Gasteiger partial charge in [0.1, 0.15) is 5.75 Å². The molecule has 0 aliphatic heterocycles. The van der Waals surface area contributed by atoms with E-state index in [1.165, 1.54) is 0 Å². The molecule has 2 rings (SSSR count). The van der Waals surface area contributed by atoms with E-state index in [0.717, 1.165) is 43.4 Å². The van der Waals surface area contributed by atoms with Crippen LogP contribution in [0.2, 0.25) is 0 Å². The first-order chi connectivity index (χ1) is 10.6. The molecule has 1 aromatic rings. The average molecular weight is 305 g/mol. The van der Waals surface area contributed by atoms with E-state index in [4.69, 9.17) is 4.74 Å². The van der Waals surface area contributed by atoms with Crippen LogP contribution < -0.4 is 10.1 Å². The van der Waals surface area contributed by atoms with Gasteiger partial charge in [0, 0.05) is 6.54 Å². The van der Waals surface area contributed by atoms with Gasteiger partial charge in [-0.1, -0.05) is 31.9 Å². The predicted octanol–water partition coefficient (Wildman–Crippen LogP) is 2.78. The minimum atomic E-state index is -0.439. The summed E-state index contributed by atoms with van der Waals surface area (Å²) in [6.07, 6.45) is 4.89. The molecule has 122 valence electrons. The zero-order valence-corrected chi connectivity index (χ0v) is 13.6. The molecule has 1 atom stereocenters. The molecule has 1 saturated carbocycles. The number of aliphatic hydroxyl groups excluding tert-OH is 1. The number of carbonyl (C=O) groups excluding carboxylic acids is 1. The molecule has 4 nitrogen and oxygen atoms in total. The lowest BCUT2D eigenvalue weighted by Crippen LogP contribution is -2.43. The normalized spacial score (nSPS) is 18.0. The Morgan fingerprint density at radius 1 is 1.41 bits per heavy atom. The van der Waals surface area contributed by atoms with Crippen LogP contribution in [0, 0.1) is 0 Å². The third-order valence-corrected chi connectivity index (χ3v) is 4.75. The van der Waals surface area contributed by atoms with Crippen molar-refractivity contribution in [3.05, 3.63) is 29.8 Å². The van der Waals surface area contributed by atoms with Gasteiger partial charge < -0.3 is 15.2 Å². The number of nitrogens with one attached hydrogen (secondary N) is 1. The molecule has 2 N–H and O–H groups in total. The highest BCUT2D eigenvalue weighted by Gasteiger charge is 2.42. The second-order valence-electron chi connectivity index (χ2n) is 6.13. The summed E-state index contributed by atoms with van der Waals surface area (Å²) in [6.45, 7) is 2.47. The van der Waals surface area contributed by atoms with E-state index in [2.05, 4.69) is 5.32 Å². The van der Waals surface area contributed by atoms with Crippen molar-refractivity contribution in [3.63, 3.8) is 0 Å². The maximum atomic E-state index is 12.8. The summed E-state index contributed by atoms with van der Waals surface area (Å²) >= 11 is 0. The fraction of sp³-hybridized carbons (Fsp3) is 0.611. The Labute approximate surface area is 132 Å². The average Bonchev–Trinajstić information content (AvgIpc) is 3.05. The number of amides is 1. The molecule has 1 unspecified atom stereocenters. The molecule has 0 radical (unpaired) electrons. The van der Waals surface area contributed by atoms with Crippen LogP contribution >= 0.6 is 0 Å². The molecule has 1 fully saturated rings. The number of benzene rings is 1. The molecule has 0 heterocycles. The summed E-state index contributed by atoms with van der Waals surface area (Å²) in [5.41, 5.74) is 0.601. The predicted molar refractivity (Wildman–Crippen MR) is 87.1 cm³/mol. The Morgan fingerprint density at radius 2 is 2.14 bits per heavy atom. The molecule has 4 heteroatoms. The molecular formula is C18H27NO3. The minimum Gasteiger partial charge on any atom is -0.497 e. The summed E-state index contributed by atoms with van der Waals surface area (Å²) in [6, 6.07) is 7.85. The minimum absolute atomic E-state index is 0.0848. The fourth-order valence-corrected chi connectivity index (χ4v) is 3.27.